The summed E-state index contributed by atoms with van der Waals surface area (Å²) < 4.78 is 13.6. The van der Waals surface area contributed by atoms with E-state index in [1.807, 2.05) is 13.8 Å². The van der Waals surface area contributed by atoms with Crippen LogP contribution in [0.4, 0.5) is 4.39 Å². The fraction of sp³-hybridized carbons (Fsp3) is 0.250. The number of hydrogen-bond acceptors (Lipinski definition) is 3. The van der Waals surface area contributed by atoms with E-state index >= 15 is 0 Å². The van der Waals surface area contributed by atoms with Crippen LogP contribution < -0.4 is 16.2 Å². The Bertz CT molecular complexity index is 856. The quantitative estimate of drug-likeness (QED) is 0.645. The predicted octanol–water partition coefficient (Wildman–Crippen LogP) is 3.08. The molecule has 3 N–H and O–H groups in total. The summed E-state index contributed by atoms with van der Waals surface area (Å²) in [6.07, 6.45) is 0.348. The van der Waals surface area contributed by atoms with Crippen LogP contribution in [0.15, 0.2) is 48.5 Å². The lowest BCUT2D eigenvalue weighted by Gasteiger charge is -2.20. The van der Waals surface area contributed by atoms with Gasteiger partial charge in [0.1, 0.15) is 11.9 Å². The number of hydrazine groups is 1. The molecule has 1 atom stereocenters. The van der Waals surface area contributed by atoms with Gasteiger partial charge in [-0.15, -0.1) is 0 Å². The normalized spacial score (nSPS) is 11.6. The van der Waals surface area contributed by atoms with Crippen LogP contribution >= 0.6 is 11.6 Å². The molecule has 2 aromatic rings. The summed E-state index contributed by atoms with van der Waals surface area (Å²) in [5.74, 6) is -2.45. The first-order chi connectivity index (χ1) is 13.3. The minimum Gasteiger partial charge on any atom is -0.340 e. The molecule has 2 rings (SSSR count). The highest BCUT2D eigenvalue weighted by Crippen LogP contribution is 2.11. The van der Waals surface area contributed by atoms with Crippen LogP contribution in [0.2, 0.25) is 5.02 Å². The molecule has 0 saturated carbocycles. The number of amides is 3. The monoisotopic (exact) mass is 405 g/mol. The SMILES string of the molecule is CC(C)C[C@H](NC(=O)c1ccc(Cl)cc1)C(=O)NNC(=O)c1ccccc1F. The summed E-state index contributed by atoms with van der Waals surface area (Å²) in [7, 11) is 0. The van der Waals surface area contributed by atoms with Crippen molar-refractivity contribution in [3.8, 4) is 0 Å². The molecule has 0 aliphatic rings. The summed E-state index contributed by atoms with van der Waals surface area (Å²) >= 11 is 5.81. The lowest BCUT2D eigenvalue weighted by molar-refractivity contribution is -0.124. The Morgan fingerprint density at radius 3 is 2.21 bits per heavy atom. The first kappa shape index (κ1) is 21.4. The van der Waals surface area contributed by atoms with E-state index in [1.165, 1.54) is 18.2 Å². The average molecular weight is 406 g/mol. The molecule has 0 unspecified atom stereocenters. The lowest BCUT2D eigenvalue weighted by Crippen LogP contribution is -2.52. The maximum Gasteiger partial charge on any atom is 0.272 e. The van der Waals surface area contributed by atoms with Crippen LogP contribution in [-0.4, -0.2) is 23.8 Å². The van der Waals surface area contributed by atoms with Crippen molar-refractivity contribution in [2.45, 2.75) is 26.3 Å². The van der Waals surface area contributed by atoms with E-state index in [0.717, 1.165) is 6.07 Å². The molecule has 0 radical (unpaired) electrons. The number of halogens is 2. The molecular formula is C20H21ClFN3O3. The third-order valence-corrected chi connectivity index (χ3v) is 4.11. The van der Waals surface area contributed by atoms with Gasteiger partial charge in [-0.05, 0) is 48.7 Å². The highest BCUT2D eigenvalue weighted by Gasteiger charge is 2.23. The van der Waals surface area contributed by atoms with Crippen LogP contribution in [-0.2, 0) is 4.79 Å². The molecule has 148 valence electrons. The molecule has 3 amide bonds. The second kappa shape index (κ2) is 9.85. The fourth-order valence-electron chi connectivity index (χ4n) is 2.46. The molecule has 0 fully saturated rings. The summed E-state index contributed by atoms with van der Waals surface area (Å²) in [6, 6.07) is 10.7. The van der Waals surface area contributed by atoms with Crippen molar-refractivity contribution in [2.75, 3.05) is 0 Å². The molecule has 0 aliphatic heterocycles. The van der Waals surface area contributed by atoms with E-state index < -0.39 is 29.6 Å². The molecule has 2 aromatic carbocycles. The molecule has 0 heterocycles. The van der Waals surface area contributed by atoms with Gasteiger partial charge in [-0.2, -0.15) is 0 Å². The summed E-state index contributed by atoms with van der Waals surface area (Å²) in [5, 5.41) is 3.13. The van der Waals surface area contributed by atoms with Crippen molar-refractivity contribution in [1.82, 2.24) is 16.2 Å². The molecule has 0 bridgehead atoms. The second-order valence-corrected chi connectivity index (χ2v) is 7.02. The van der Waals surface area contributed by atoms with Gasteiger partial charge in [0.05, 0.1) is 5.56 Å². The second-order valence-electron chi connectivity index (χ2n) is 6.59. The molecule has 0 saturated heterocycles. The van der Waals surface area contributed by atoms with Gasteiger partial charge in [0.15, 0.2) is 0 Å². The number of carbonyl (C=O) groups excluding carboxylic acids is 3. The van der Waals surface area contributed by atoms with Gasteiger partial charge in [0.2, 0.25) is 0 Å². The van der Waals surface area contributed by atoms with Crippen LogP contribution in [0.1, 0.15) is 41.0 Å². The van der Waals surface area contributed by atoms with Crippen LogP contribution in [0, 0.1) is 11.7 Å². The smallest absolute Gasteiger partial charge is 0.272 e. The van der Waals surface area contributed by atoms with Crippen LogP contribution in [0.3, 0.4) is 0 Å². The van der Waals surface area contributed by atoms with E-state index in [1.54, 1.807) is 24.3 Å². The van der Waals surface area contributed by atoms with Crippen molar-refractivity contribution < 1.29 is 18.8 Å². The molecule has 6 nitrogen and oxygen atoms in total. The Morgan fingerprint density at radius 2 is 1.61 bits per heavy atom. The third kappa shape index (κ3) is 6.06. The van der Waals surface area contributed by atoms with Gasteiger partial charge >= 0.3 is 0 Å². The number of hydrogen-bond donors (Lipinski definition) is 3. The Balaban J connectivity index is 2.02. The highest BCUT2D eigenvalue weighted by molar-refractivity contribution is 6.30. The predicted molar refractivity (Wildman–Crippen MR) is 104 cm³/mol. The first-order valence-corrected chi connectivity index (χ1v) is 9.07. The van der Waals surface area contributed by atoms with Crippen molar-refractivity contribution in [1.29, 1.82) is 0 Å². The van der Waals surface area contributed by atoms with E-state index in [4.69, 9.17) is 11.6 Å². The first-order valence-electron chi connectivity index (χ1n) is 8.69. The van der Waals surface area contributed by atoms with E-state index in [0.29, 0.717) is 17.0 Å². The van der Waals surface area contributed by atoms with Crippen molar-refractivity contribution in [3.63, 3.8) is 0 Å². The Kier molecular flexibility index (Phi) is 7.52. The Morgan fingerprint density at radius 1 is 0.964 bits per heavy atom. The standard InChI is InChI=1S/C20H21ClFN3O3/c1-12(2)11-17(23-18(26)13-7-9-14(21)10-8-13)20(28)25-24-19(27)15-5-3-4-6-16(15)22/h3-10,12,17H,11H2,1-2H3,(H,23,26)(H,24,27)(H,25,28)/t17-/m0/s1. The zero-order valence-electron chi connectivity index (χ0n) is 15.5. The lowest BCUT2D eigenvalue weighted by atomic mass is 10.0. The topological polar surface area (TPSA) is 87.3 Å². The minimum atomic E-state index is -0.885. The van der Waals surface area contributed by atoms with E-state index in [2.05, 4.69) is 16.2 Å². The summed E-state index contributed by atoms with van der Waals surface area (Å²) in [4.78, 5) is 36.9. The Labute approximate surface area is 167 Å². The maximum atomic E-state index is 13.6. The van der Waals surface area contributed by atoms with Gasteiger partial charge in [0.25, 0.3) is 17.7 Å². The Hall–Kier alpha value is -2.93. The zero-order valence-corrected chi connectivity index (χ0v) is 16.2. The maximum absolute atomic E-state index is 13.6. The molecule has 0 spiro atoms. The van der Waals surface area contributed by atoms with Gasteiger partial charge < -0.3 is 5.32 Å². The van der Waals surface area contributed by atoms with Gasteiger partial charge in [0, 0.05) is 10.6 Å². The zero-order chi connectivity index (χ0) is 20.7. The molecule has 0 aliphatic carbocycles. The van der Waals surface area contributed by atoms with Gasteiger partial charge in [-0.1, -0.05) is 37.6 Å². The summed E-state index contributed by atoms with van der Waals surface area (Å²) in [5.41, 5.74) is 4.55. The number of nitrogens with one attached hydrogen (secondary N) is 3. The average Bonchev–Trinajstić information content (AvgIpc) is 2.65. The van der Waals surface area contributed by atoms with Gasteiger partial charge in [-0.3, -0.25) is 25.2 Å². The molecule has 0 aromatic heterocycles. The summed E-state index contributed by atoms with van der Waals surface area (Å²) in [6.45, 7) is 3.79. The van der Waals surface area contributed by atoms with Crippen LogP contribution in [0.25, 0.3) is 0 Å². The molecule has 8 heteroatoms. The van der Waals surface area contributed by atoms with Crippen molar-refractivity contribution in [2.24, 2.45) is 5.92 Å². The number of rotatable bonds is 6. The third-order valence-electron chi connectivity index (χ3n) is 3.85. The number of benzene rings is 2. The fourth-order valence-corrected chi connectivity index (χ4v) is 2.59. The van der Waals surface area contributed by atoms with E-state index in [9.17, 15) is 18.8 Å². The van der Waals surface area contributed by atoms with Gasteiger partial charge in [-0.25, -0.2) is 4.39 Å². The van der Waals surface area contributed by atoms with Crippen molar-refractivity contribution >= 4 is 29.3 Å². The van der Waals surface area contributed by atoms with E-state index in [-0.39, 0.29) is 11.5 Å². The minimum absolute atomic E-state index is 0.100. The van der Waals surface area contributed by atoms with Crippen molar-refractivity contribution in [3.05, 3.63) is 70.5 Å². The number of carbonyl (C=O) groups is 3. The highest BCUT2D eigenvalue weighted by atomic mass is 35.5. The molecule has 28 heavy (non-hydrogen) atoms. The largest absolute Gasteiger partial charge is 0.340 e. The molecular weight excluding hydrogens is 385 g/mol. The van der Waals surface area contributed by atoms with Crippen LogP contribution in [0.5, 0.6) is 0 Å².